The number of hydrogen-bond acceptors (Lipinski definition) is 12. The molecule has 0 saturated carbocycles. The Hall–Kier alpha value is -2.92. The summed E-state index contributed by atoms with van der Waals surface area (Å²) in [5.74, 6) is -1.95. The summed E-state index contributed by atoms with van der Waals surface area (Å²) in [5, 5.41) is 25.1. The third kappa shape index (κ3) is 26.7. The molecule has 0 fully saturated rings. The van der Waals surface area contributed by atoms with Crippen molar-refractivity contribution in [2.75, 3.05) is 106 Å². The molecule has 0 aliphatic heterocycles. The number of nitrogens with one attached hydrogen (secondary N) is 2. The number of carbonyl (C=O) groups excluding carboxylic acids is 2. The van der Waals surface area contributed by atoms with Gasteiger partial charge in [0.2, 0.25) is 16.7 Å². The number of carboxylic acids is 1. The van der Waals surface area contributed by atoms with E-state index in [0.29, 0.717) is 78.7 Å². The van der Waals surface area contributed by atoms with Crippen molar-refractivity contribution in [2.24, 2.45) is 15.3 Å². The molecule has 0 aromatic rings. The molecule has 40 heavy (non-hydrogen) atoms. The van der Waals surface area contributed by atoms with Gasteiger partial charge in [0.25, 0.3) is 0 Å². The van der Waals surface area contributed by atoms with Gasteiger partial charge in [-0.15, -0.1) is 0 Å². The first kappa shape index (κ1) is 37.1. The first-order valence-electron chi connectivity index (χ1n) is 13.1. The second-order valence-corrected chi connectivity index (χ2v) is 7.92. The predicted octanol–water partition coefficient (Wildman–Crippen LogP) is -2.25. The third-order valence-electron chi connectivity index (χ3n) is 4.68. The molecule has 0 bridgehead atoms. The first-order chi connectivity index (χ1) is 19.5. The molecule has 0 aromatic heterocycles. The minimum Gasteiger partial charge on any atom is -0.480 e. The fourth-order valence-electron chi connectivity index (χ4n) is 2.79. The first-order valence-corrected chi connectivity index (χ1v) is 13.1. The maximum Gasteiger partial charge on any atom is 0.326 e. The zero-order valence-electron chi connectivity index (χ0n) is 23.3. The minimum absolute atomic E-state index is 0.103. The fraction of sp³-hybridized carbons (Fsp3) is 0.870. The molecule has 2 amide bonds. The summed E-state index contributed by atoms with van der Waals surface area (Å²) in [5.41, 5.74) is 4.99. The highest BCUT2D eigenvalue weighted by molar-refractivity contribution is 5.84. The third-order valence-corrected chi connectivity index (χ3v) is 4.68. The molecule has 0 heterocycles. The van der Waals surface area contributed by atoms with Gasteiger partial charge in [-0.3, -0.25) is 9.59 Å². The Balaban J connectivity index is 3.68. The summed E-state index contributed by atoms with van der Waals surface area (Å²) in [7, 11) is 1.53. The standard InChI is InChI=1S/C23H43N7O10/c1-25-30-28-7-9-36-11-13-38-15-17-40-19-22(32)29-20(23(33)34)4-2-3-5-26-21(31)18-39-16-14-37-12-10-35-8-6-27-24/h20,24H,2-19H2,1H3,(H2-,26,29,31,32,33,34)/p+2. The molecule has 0 spiro atoms. The van der Waals surface area contributed by atoms with Gasteiger partial charge in [-0.1, -0.05) is 0 Å². The Morgan fingerprint density at radius 3 is 1.85 bits per heavy atom. The van der Waals surface area contributed by atoms with E-state index in [4.69, 9.17) is 34.0 Å². The van der Waals surface area contributed by atoms with Gasteiger partial charge < -0.3 is 44.2 Å². The van der Waals surface area contributed by atoms with Crippen LogP contribution in [0.4, 0.5) is 0 Å². The van der Waals surface area contributed by atoms with Gasteiger partial charge in [-0.25, -0.2) is 4.79 Å². The maximum absolute atomic E-state index is 12.0. The summed E-state index contributed by atoms with van der Waals surface area (Å²) in [6.07, 6.45) is 1.25. The Morgan fingerprint density at radius 1 is 0.775 bits per heavy atom. The lowest BCUT2D eigenvalue weighted by Crippen LogP contribution is -2.42. The molecule has 1 atom stereocenters. The van der Waals surface area contributed by atoms with Crippen LogP contribution in [0.1, 0.15) is 19.3 Å². The summed E-state index contributed by atoms with van der Waals surface area (Å²) in [6.45, 7) is 4.31. The van der Waals surface area contributed by atoms with E-state index in [0.717, 1.165) is 0 Å². The fourth-order valence-corrected chi connectivity index (χ4v) is 2.79. The number of aliphatic carboxylic acids is 1. The average molecular weight is 580 g/mol. The highest BCUT2D eigenvalue weighted by Crippen LogP contribution is 2.01. The van der Waals surface area contributed by atoms with E-state index in [1.54, 1.807) is 0 Å². The van der Waals surface area contributed by atoms with E-state index < -0.39 is 17.9 Å². The minimum atomic E-state index is -1.14. The molecule has 0 aromatic carbocycles. The van der Waals surface area contributed by atoms with Crippen LogP contribution in [0.25, 0.3) is 0 Å². The van der Waals surface area contributed by atoms with Crippen LogP contribution in [0, 0.1) is 0 Å². The van der Waals surface area contributed by atoms with Crippen LogP contribution in [-0.2, 0) is 42.8 Å². The molecule has 230 valence electrons. The van der Waals surface area contributed by atoms with E-state index >= 15 is 0 Å². The van der Waals surface area contributed by atoms with Crippen molar-refractivity contribution in [3.05, 3.63) is 0 Å². The molecular weight excluding hydrogens is 534 g/mol. The molecule has 1 unspecified atom stereocenters. The smallest absolute Gasteiger partial charge is 0.326 e. The molecule has 0 rings (SSSR count). The van der Waals surface area contributed by atoms with Gasteiger partial charge in [0.15, 0.2) is 0 Å². The normalized spacial score (nSPS) is 11.3. The van der Waals surface area contributed by atoms with Crippen LogP contribution in [0.3, 0.4) is 0 Å². The molecule has 5 N–H and O–H groups in total. The SMILES string of the molecule is CN=[N+]=NCCOCCOCCOCC(=O)NC(CCCCNC(=O)COCCOCCOCCN=[NH2+])C(=O)O. The zero-order chi connectivity index (χ0) is 29.5. The van der Waals surface area contributed by atoms with Crippen LogP contribution in [0.5, 0.6) is 0 Å². The van der Waals surface area contributed by atoms with Crippen LogP contribution in [0.2, 0.25) is 0 Å². The van der Waals surface area contributed by atoms with E-state index in [-0.39, 0.29) is 45.4 Å². The number of rotatable bonds is 29. The highest BCUT2D eigenvalue weighted by Gasteiger charge is 2.19. The van der Waals surface area contributed by atoms with Crippen molar-refractivity contribution in [3.63, 3.8) is 0 Å². The predicted molar refractivity (Wildman–Crippen MR) is 138 cm³/mol. The van der Waals surface area contributed by atoms with E-state index in [9.17, 15) is 19.5 Å². The van der Waals surface area contributed by atoms with Crippen LogP contribution >= 0.6 is 0 Å². The highest BCUT2D eigenvalue weighted by atomic mass is 16.5. The van der Waals surface area contributed by atoms with Crippen molar-refractivity contribution in [2.45, 2.75) is 25.3 Å². The Bertz CT molecular complexity index is 739. The number of nitrogens with two attached hydrogens (primary N) is 1. The van der Waals surface area contributed by atoms with Crippen molar-refractivity contribution in [1.29, 1.82) is 0 Å². The van der Waals surface area contributed by atoms with E-state index in [1.807, 2.05) is 0 Å². The Labute approximate surface area is 233 Å². The summed E-state index contributed by atoms with van der Waals surface area (Å²) >= 11 is 0. The number of carboxylic acid groups (broad SMARTS) is 1. The van der Waals surface area contributed by atoms with Gasteiger partial charge >= 0.3 is 5.97 Å². The monoisotopic (exact) mass is 579 g/mol. The van der Waals surface area contributed by atoms with E-state index in [1.165, 1.54) is 7.05 Å². The molecular formula is C23H45N7O10+2. The van der Waals surface area contributed by atoms with Crippen molar-refractivity contribution < 1.29 is 53.4 Å². The Kier molecular flexibility index (Phi) is 26.9. The average Bonchev–Trinajstić information content (AvgIpc) is 2.93. The van der Waals surface area contributed by atoms with E-state index in [2.05, 4.69) is 30.9 Å². The topological polar surface area (TPSA) is 228 Å². The number of unbranched alkanes of at least 4 members (excludes halogenated alkanes) is 1. The van der Waals surface area contributed by atoms with Gasteiger partial charge in [-0.2, -0.15) is 5.53 Å². The molecule has 17 heteroatoms. The lowest BCUT2D eigenvalue weighted by molar-refractivity contribution is -0.223. The second kappa shape index (κ2) is 29.1. The lowest BCUT2D eigenvalue weighted by Gasteiger charge is -2.15. The van der Waals surface area contributed by atoms with Crippen LogP contribution in [-0.4, -0.2) is 135 Å². The molecule has 17 nitrogen and oxygen atoms in total. The van der Waals surface area contributed by atoms with Crippen LogP contribution < -0.4 is 21.1 Å². The quantitative estimate of drug-likeness (QED) is 0.0423. The van der Waals surface area contributed by atoms with Crippen molar-refractivity contribution in [1.82, 2.24) is 15.5 Å². The lowest BCUT2D eigenvalue weighted by atomic mass is 10.1. The number of ether oxygens (including phenoxy) is 6. The molecule has 0 aliphatic rings. The molecule has 0 saturated heterocycles. The van der Waals surface area contributed by atoms with Gasteiger partial charge in [-0.05, 0) is 24.4 Å². The van der Waals surface area contributed by atoms with Crippen molar-refractivity contribution in [3.8, 4) is 0 Å². The second-order valence-electron chi connectivity index (χ2n) is 7.92. The van der Waals surface area contributed by atoms with Gasteiger partial charge in [0.1, 0.15) is 49.6 Å². The summed E-state index contributed by atoms with van der Waals surface area (Å²) in [6, 6.07) is -1.05. The Morgan fingerprint density at radius 2 is 1.30 bits per heavy atom. The molecule has 0 radical (unpaired) electrons. The van der Waals surface area contributed by atoms with Gasteiger partial charge in [0, 0.05) is 6.54 Å². The van der Waals surface area contributed by atoms with Crippen molar-refractivity contribution >= 4 is 17.8 Å². The number of nitrogens with zero attached hydrogens (tertiary/aromatic N) is 4. The maximum atomic E-state index is 12.0. The summed E-state index contributed by atoms with van der Waals surface area (Å²) < 4.78 is 31.5. The number of carbonyl (C=O) groups is 3. The zero-order valence-corrected chi connectivity index (χ0v) is 23.3. The molecule has 0 aliphatic carbocycles. The van der Waals surface area contributed by atoms with Gasteiger partial charge in [0.05, 0.1) is 66.1 Å². The van der Waals surface area contributed by atoms with Crippen LogP contribution in [0.15, 0.2) is 15.3 Å². The number of amides is 2. The largest absolute Gasteiger partial charge is 0.480 e. The number of hydrogen-bond donors (Lipinski definition) is 4. The summed E-state index contributed by atoms with van der Waals surface area (Å²) in [4.78, 5) is 38.7.